The average Bonchev–Trinajstić information content (AvgIpc) is 2.95. The lowest BCUT2D eigenvalue weighted by Gasteiger charge is -2.15. The molecule has 4 rings (SSSR count). The van der Waals surface area contributed by atoms with Gasteiger partial charge in [0.2, 0.25) is 5.78 Å². The van der Waals surface area contributed by atoms with Gasteiger partial charge in [0.05, 0.1) is 5.56 Å². The van der Waals surface area contributed by atoms with Crippen LogP contribution in [-0.2, 0) is 0 Å². The topological polar surface area (TPSA) is 44.8 Å². The molecule has 26 heavy (non-hydrogen) atoms. The van der Waals surface area contributed by atoms with E-state index in [-0.39, 0.29) is 5.78 Å². The van der Waals surface area contributed by atoms with Gasteiger partial charge < -0.3 is 14.2 Å². The van der Waals surface area contributed by atoms with Crippen LogP contribution in [0.25, 0.3) is 6.08 Å². The number of carbonyl (C=O) groups is 1. The number of Topliss-reactive ketones (excluding diaryl/α,β-unsaturated/α-hetero) is 1. The zero-order valence-corrected chi connectivity index (χ0v) is 14.5. The van der Waals surface area contributed by atoms with E-state index >= 15 is 0 Å². The second-order valence-corrected chi connectivity index (χ2v) is 6.39. The molecule has 0 unspecified atom stereocenters. The van der Waals surface area contributed by atoms with Crippen LogP contribution in [-0.4, -0.2) is 19.0 Å². The minimum atomic E-state index is -0.133. The third kappa shape index (κ3) is 3.14. The fourth-order valence-corrected chi connectivity index (χ4v) is 2.85. The van der Waals surface area contributed by atoms with Crippen molar-refractivity contribution in [1.29, 1.82) is 0 Å². The summed E-state index contributed by atoms with van der Waals surface area (Å²) in [6.45, 7) is 6.54. The molecule has 0 saturated carbocycles. The number of benzene rings is 2. The number of fused-ring (bicyclic) bond motifs is 2. The van der Waals surface area contributed by atoms with Crippen LogP contribution in [0.1, 0.15) is 22.8 Å². The Bertz CT molecular complexity index is 966. The van der Waals surface area contributed by atoms with Crippen LogP contribution < -0.4 is 14.2 Å². The van der Waals surface area contributed by atoms with Crippen LogP contribution in [0.15, 0.2) is 72.0 Å². The van der Waals surface area contributed by atoms with Crippen LogP contribution in [0.4, 0.5) is 0 Å². The van der Waals surface area contributed by atoms with Crippen molar-refractivity contribution < 1.29 is 19.0 Å². The lowest BCUT2D eigenvalue weighted by Crippen LogP contribution is -2.08. The number of ether oxygens (including phenoxy) is 3. The summed E-state index contributed by atoms with van der Waals surface area (Å²) in [5.74, 6) is 2.17. The maximum Gasteiger partial charge on any atom is 0.231 e. The third-order valence-corrected chi connectivity index (χ3v) is 4.10. The first-order valence-corrected chi connectivity index (χ1v) is 8.38. The molecular formula is C22H18O4. The van der Waals surface area contributed by atoms with Gasteiger partial charge in [-0.3, -0.25) is 4.79 Å². The molecule has 0 N–H and O–H groups in total. The number of hydrogen-bond acceptors (Lipinski definition) is 4. The molecule has 2 aromatic carbocycles. The number of carbonyl (C=O) groups excluding carboxylic acids is 1. The maximum atomic E-state index is 12.6. The van der Waals surface area contributed by atoms with Gasteiger partial charge in [-0.2, -0.15) is 0 Å². The summed E-state index contributed by atoms with van der Waals surface area (Å²) in [4.78, 5) is 12.6. The van der Waals surface area contributed by atoms with Crippen LogP contribution >= 0.6 is 0 Å². The summed E-state index contributed by atoms with van der Waals surface area (Å²) in [5, 5.41) is 0. The van der Waals surface area contributed by atoms with E-state index in [0.29, 0.717) is 36.0 Å². The van der Waals surface area contributed by atoms with Crippen molar-refractivity contribution in [3.05, 3.63) is 83.2 Å². The highest BCUT2D eigenvalue weighted by molar-refractivity contribution is 6.12. The zero-order valence-electron chi connectivity index (χ0n) is 14.5. The Morgan fingerprint density at radius 1 is 1.23 bits per heavy atom. The fourth-order valence-electron chi connectivity index (χ4n) is 2.85. The monoisotopic (exact) mass is 346 g/mol. The molecule has 0 atom stereocenters. The number of ketones is 1. The molecule has 2 aliphatic heterocycles. The van der Waals surface area contributed by atoms with Gasteiger partial charge in [-0.05, 0) is 48.4 Å². The van der Waals surface area contributed by atoms with E-state index in [0.717, 1.165) is 22.5 Å². The van der Waals surface area contributed by atoms with E-state index in [1.807, 2.05) is 37.3 Å². The molecule has 2 heterocycles. The van der Waals surface area contributed by atoms with E-state index in [2.05, 4.69) is 6.58 Å². The summed E-state index contributed by atoms with van der Waals surface area (Å²) in [5.41, 5.74) is 3.34. The maximum absolute atomic E-state index is 12.6. The van der Waals surface area contributed by atoms with E-state index in [4.69, 9.17) is 14.2 Å². The van der Waals surface area contributed by atoms with Crippen LogP contribution in [0, 0.1) is 0 Å². The minimum Gasteiger partial charge on any atom is -0.489 e. The Morgan fingerprint density at radius 2 is 2.08 bits per heavy atom. The molecule has 0 aromatic heterocycles. The predicted molar refractivity (Wildman–Crippen MR) is 99.7 cm³/mol. The quantitative estimate of drug-likeness (QED) is 0.601. The van der Waals surface area contributed by atoms with Crippen molar-refractivity contribution in [3.8, 4) is 17.2 Å². The van der Waals surface area contributed by atoms with Gasteiger partial charge >= 0.3 is 0 Å². The lowest BCUT2D eigenvalue weighted by molar-refractivity contribution is 0.101. The Labute approximate surface area is 152 Å². The number of para-hydroxylation sites is 1. The molecule has 0 fully saturated rings. The molecule has 0 aliphatic carbocycles. The van der Waals surface area contributed by atoms with Gasteiger partial charge in [0.25, 0.3) is 0 Å². The smallest absolute Gasteiger partial charge is 0.231 e. The van der Waals surface area contributed by atoms with Gasteiger partial charge in [0.15, 0.2) is 5.76 Å². The summed E-state index contributed by atoms with van der Waals surface area (Å²) in [7, 11) is 0. The first-order chi connectivity index (χ1) is 12.6. The Kier molecular flexibility index (Phi) is 4.09. The Morgan fingerprint density at radius 3 is 2.92 bits per heavy atom. The molecule has 2 aromatic rings. The first-order valence-electron chi connectivity index (χ1n) is 8.38. The van der Waals surface area contributed by atoms with E-state index in [1.54, 1.807) is 24.3 Å². The SMILES string of the molecule is C=C(C)COc1ccc2c(c1)O/C(=C\C1=Cc3ccccc3OC1)C2=O. The van der Waals surface area contributed by atoms with Crippen molar-refractivity contribution in [2.45, 2.75) is 6.92 Å². The van der Waals surface area contributed by atoms with Crippen molar-refractivity contribution in [2.75, 3.05) is 13.2 Å². The Balaban J connectivity index is 1.57. The average molecular weight is 346 g/mol. The standard InChI is InChI=1S/C22H18O4/c1-14(2)12-24-17-7-8-18-20(11-17)26-21(22(18)23)10-15-9-16-5-3-4-6-19(16)25-13-15/h3-11H,1,12-13H2,2H3/b21-10-. The van der Waals surface area contributed by atoms with Gasteiger partial charge in [-0.25, -0.2) is 0 Å². The summed E-state index contributed by atoms with van der Waals surface area (Å²) < 4.78 is 17.1. The highest BCUT2D eigenvalue weighted by Crippen LogP contribution is 2.35. The number of hydrogen-bond donors (Lipinski definition) is 0. The van der Waals surface area contributed by atoms with Gasteiger partial charge in [-0.1, -0.05) is 24.8 Å². The molecular weight excluding hydrogens is 328 g/mol. The molecule has 0 bridgehead atoms. The van der Waals surface area contributed by atoms with Gasteiger partial charge in [0, 0.05) is 11.6 Å². The van der Waals surface area contributed by atoms with Crippen molar-refractivity contribution >= 4 is 11.9 Å². The van der Waals surface area contributed by atoms with E-state index < -0.39 is 0 Å². The predicted octanol–water partition coefficient (Wildman–Crippen LogP) is 4.58. The van der Waals surface area contributed by atoms with E-state index in [9.17, 15) is 4.79 Å². The normalized spacial score (nSPS) is 16.3. The fraction of sp³-hybridized carbons (Fsp3) is 0.136. The van der Waals surface area contributed by atoms with Crippen LogP contribution in [0.2, 0.25) is 0 Å². The highest BCUT2D eigenvalue weighted by atomic mass is 16.5. The zero-order chi connectivity index (χ0) is 18.1. The molecule has 130 valence electrons. The number of allylic oxidation sites excluding steroid dienone is 1. The van der Waals surface area contributed by atoms with Crippen molar-refractivity contribution in [3.63, 3.8) is 0 Å². The largest absolute Gasteiger partial charge is 0.489 e. The Hall–Kier alpha value is -3.27. The van der Waals surface area contributed by atoms with Gasteiger partial charge in [0.1, 0.15) is 30.5 Å². The van der Waals surface area contributed by atoms with E-state index in [1.165, 1.54) is 0 Å². The summed E-state index contributed by atoms with van der Waals surface area (Å²) in [6.07, 6.45) is 3.75. The van der Waals surface area contributed by atoms with Crippen molar-refractivity contribution in [2.24, 2.45) is 0 Å². The molecule has 0 amide bonds. The highest BCUT2D eigenvalue weighted by Gasteiger charge is 2.28. The molecule has 4 heteroatoms. The molecule has 0 radical (unpaired) electrons. The second kappa shape index (κ2) is 6.56. The summed E-state index contributed by atoms with van der Waals surface area (Å²) >= 11 is 0. The molecule has 2 aliphatic rings. The van der Waals surface area contributed by atoms with Crippen LogP contribution in [0.5, 0.6) is 17.2 Å². The summed E-state index contributed by atoms with van der Waals surface area (Å²) in [6, 6.07) is 13.0. The van der Waals surface area contributed by atoms with Crippen LogP contribution in [0.3, 0.4) is 0 Å². The molecule has 0 spiro atoms. The first kappa shape index (κ1) is 16.2. The number of rotatable bonds is 4. The molecule has 0 saturated heterocycles. The lowest BCUT2D eigenvalue weighted by atomic mass is 10.1. The minimum absolute atomic E-state index is 0.133. The molecule has 4 nitrogen and oxygen atoms in total. The van der Waals surface area contributed by atoms with Gasteiger partial charge in [-0.15, -0.1) is 0 Å². The van der Waals surface area contributed by atoms with Crippen molar-refractivity contribution in [1.82, 2.24) is 0 Å². The third-order valence-electron chi connectivity index (χ3n) is 4.10. The second-order valence-electron chi connectivity index (χ2n) is 6.39.